The average molecular weight is 406 g/mol. The predicted molar refractivity (Wildman–Crippen MR) is 113 cm³/mol. The molecule has 1 fully saturated rings. The number of nitrogens with zero attached hydrogens (tertiary/aromatic N) is 4. The van der Waals surface area contributed by atoms with Crippen molar-refractivity contribution < 1.29 is 14.3 Å². The van der Waals surface area contributed by atoms with Gasteiger partial charge in [-0.1, -0.05) is 0 Å². The van der Waals surface area contributed by atoms with Crippen LogP contribution in [0.4, 0.5) is 0 Å². The topological polar surface area (TPSA) is 59.3 Å². The number of hydrogen-bond acceptors (Lipinski definition) is 5. The highest BCUT2D eigenvalue weighted by atomic mass is 16.6. The van der Waals surface area contributed by atoms with E-state index >= 15 is 0 Å². The number of hydrogen-bond donors (Lipinski definition) is 0. The first-order chi connectivity index (χ1) is 14.6. The Kier molecular flexibility index (Phi) is 4.83. The van der Waals surface area contributed by atoms with Crippen molar-refractivity contribution in [1.29, 1.82) is 0 Å². The van der Waals surface area contributed by atoms with Gasteiger partial charge in [0, 0.05) is 44.5 Å². The van der Waals surface area contributed by atoms with Crippen LogP contribution in [-0.4, -0.2) is 64.5 Å². The summed E-state index contributed by atoms with van der Waals surface area (Å²) in [7, 11) is 0. The lowest BCUT2D eigenvalue weighted by Crippen LogP contribution is -2.48. The lowest BCUT2D eigenvalue weighted by molar-refractivity contribution is 0.0625. The van der Waals surface area contributed by atoms with E-state index in [0.29, 0.717) is 43.4 Å². The lowest BCUT2D eigenvalue weighted by atomic mass is 10.1. The van der Waals surface area contributed by atoms with Crippen molar-refractivity contribution in [2.24, 2.45) is 0 Å². The molecule has 0 radical (unpaired) electrons. The first kappa shape index (κ1) is 18.9. The number of rotatable bonds is 3. The standard InChI is InChI=1S/C23H26N4O3/c1-16-5-6-27-19(17(2)24-22(27)13-16)15-25-7-9-26(10-8-25)23(28)18-3-4-20-21(14-18)30-12-11-29-20/h3-6,13-14H,7-12,15H2,1-2H3. The van der Waals surface area contributed by atoms with Crippen LogP contribution in [0.1, 0.15) is 27.3 Å². The summed E-state index contributed by atoms with van der Waals surface area (Å²) < 4.78 is 13.3. The summed E-state index contributed by atoms with van der Waals surface area (Å²) in [6, 6.07) is 9.67. The van der Waals surface area contributed by atoms with Gasteiger partial charge >= 0.3 is 0 Å². The molecule has 30 heavy (non-hydrogen) atoms. The molecule has 2 aliphatic rings. The summed E-state index contributed by atoms with van der Waals surface area (Å²) in [4.78, 5) is 22.0. The SMILES string of the molecule is Cc1ccn2c(CN3CCN(C(=O)c4ccc5c(c4)OCCO5)CC3)c(C)nc2c1. The fourth-order valence-corrected chi connectivity index (χ4v) is 4.19. The molecule has 3 aromatic rings. The highest BCUT2D eigenvalue weighted by molar-refractivity contribution is 5.95. The number of imidazole rings is 1. The van der Waals surface area contributed by atoms with E-state index in [9.17, 15) is 4.79 Å². The van der Waals surface area contributed by atoms with Crippen LogP contribution in [0.2, 0.25) is 0 Å². The van der Waals surface area contributed by atoms with Crippen LogP contribution in [-0.2, 0) is 6.54 Å². The number of carbonyl (C=O) groups excluding carboxylic acids is 1. The molecule has 0 N–H and O–H groups in total. The highest BCUT2D eigenvalue weighted by Gasteiger charge is 2.24. The average Bonchev–Trinajstić information content (AvgIpc) is 3.07. The van der Waals surface area contributed by atoms with Crippen molar-refractivity contribution in [3.8, 4) is 11.5 Å². The molecule has 0 atom stereocenters. The molecule has 4 heterocycles. The van der Waals surface area contributed by atoms with Gasteiger partial charge in [0.2, 0.25) is 0 Å². The Morgan fingerprint density at radius 1 is 1.00 bits per heavy atom. The summed E-state index contributed by atoms with van der Waals surface area (Å²) in [5.74, 6) is 1.42. The molecule has 0 unspecified atom stereocenters. The van der Waals surface area contributed by atoms with Gasteiger partial charge < -0.3 is 18.8 Å². The minimum absolute atomic E-state index is 0.0491. The van der Waals surface area contributed by atoms with Crippen LogP contribution in [0.15, 0.2) is 36.5 Å². The Bertz CT molecular complexity index is 1100. The van der Waals surface area contributed by atoms with Gasteiger partial charge in [0.25, 0.3) is 5.91 Å². The molecule has 2 aromatic heterocycles. The van der Waals surface area contributed by atoms with Crippen molar-refractivity contribution >= 4 is 11.6 Å². The van der Waals surface area contributed by atoms with E-state index in [4.69, 9.17) is 14.5 Å². The number of aryl methyl sites for hydroxylation is 2. The number of aromatic nitrogens is 2. The third kappa shape index (κ3) is 3.50. The minimum atomic E-state index is 0.0491. The van der Waals surface area contributed by atoms with E-state index < -0.39 is 0 Å². The van der Waals surface area contributed by atoms with Crippen molar-refractivity contribution in [2.75, 3.05) is 39.4 Å². The molecule has 1 aromatic carbocycles. The lowest BCUT2D eigenvalue weighted by Gasteiger charge is -2.35. The second kappa shape index (κ2) is 7.65. The fourth-order valence-electron chi connectivity index (χ4n) is 4.19. The number of pyridine rings is 1. The van der Waals surface area contributed by atoms with E-state index in [2.05, 4.69) is 41.5 Å². The third-order valence-corrected chi connectivity index (χ3v) is 5.90. The van der Waals surface area contributed by atoms with E-state index in [-0.39, 0.29) is 5.91 Å². The minimum Gasteiger partial charge on any atom is -0.486 e. The van der Waals surface area contributed by atoms with Gasteiger partial charge in [0.1, 0.15) is 18.9 Å². The Hall–Kier alpha value is -3.06. The van der Waals surface area contributed by atoms with Crippen LogP contribution < -0.4 is 9.47 Å². The Labute approximate surface area is 175 Å². The van der Waals surface area contributed by atoms with Crippen molar-refractivity contribution in [3.63, 3.8) is 0 Å². The van der Waals surface area contributed by atoms with Crippen LogP contribution in [0.5, 0.6) is 11.5 Å². The maximum absolute atomic E-state index is 13.0. The molecule has 1 saturated heterocycles. The van der Waals surface area contributed by atoms with Gasteiger partial charge in [-0.2, -0.15) is 0 Å². The molecule has 0 spiro atoms. The van der Waals surface area contributed by atoms with Gasteiger partial charge in [-0.3, -0.25) is 9.69 Å². The maximum Gasteiger partial charge on any atom is 0.254 e. The number of benzene rings is 1. The van der Waals surface area contributed by atoms with E-state index in [1.807, 2.05) is 17.0 Å². The smallest absolute Gasteiger partial charge is 0.254 e. The molecule has 2 aliphatic heterocycles. The van der Waals surface area contributed by atoms with E-state index in [1.54, 1.807) is 6.07 Å². The molecule has 0 bridgehead atoms. The number of fused-ring (bicyclic) bond motifs is 2. The van der Waals surface area contributed by atoms with E-state index in [1.165, 1.54) is 11.3 Å². The summed E-state index contributed by atoms with van der Waals surface area (Å²) in [6.07, 6.45) is 2.10. The van der Waals surface area contributed by atoms with Gasteiger partial charge in [-0.15, -0.1) is 0 Å². The quantitative estimate of drug-likeness (QED) is 0.669. The Morgan fingerprint density at radius 2 is 1.77 bits per heavy atom. The molecule has 156 valence electrons. The van der Waals surface area contributed by atoms with Gasteiger partial charge in [0.15, 0.2) is 11.5 Å². The van der Waals surface area contributed by atoms with Crippen LogP contribution in [0.25, 0.3) is 5.65 Å². The van der Waals surface area contributed by atoms with Crippen molar-refractivity contribution in [3.05, 3.63) is 59.0 Å². The Morgan fingerprint density at radius 3 is 2.57 bits per heavy atom. The molecule has 1 amide bonds. The maximum atomic E-state index is 13.0. The van der Waals surface area contributed by atoms with Crippen LogP contribution in [0.3, 0.4) is 0 Å². The summed E-state index contributed by atoms with van der Waals surface area (Å²) >= 11 is 0. The number of amides is 1. The third-order valence-electron chi connectivity index (χ3n) is 5.90. The zero-order chi connectivity index (χ0) is 20.7. The second-order valence-electron chi connectivity index (χ2n) is 8.00. The number of piperazine rings is 1. The van der Waals surface area contributed by atoms with Gasteiger partial charge in [-0.25, -0.2) is 4.98 Å². The summed E-state index contributed by atoms with van der Waals surface area (Å²) in [5, 5.41) is 0. The first-order valence-corrected chi connectivity index (χ1v) is 10.4. The van der Waals surface area contributed by atoms with Crippen LogP contribution in [0, 0.1) is 13.8 Å². The Balaban J connectivity index is 1.25. The molecule has 0 saturated carbocycles. The van der Waals surface area contributed by atoms with Crippen molar-refractivity contribution in [1.82, 2.24) is 19.2 Å². The molecule has 7 heteroatoms. The van der Waals surface area contributed by atoms with Crippen molar-refractivity contribution in [2.45, 2.75) is 20.4 Å². The highest BCUT2D eigenvalue weighted by Crippen LogP contribution is 2.31. The zero-order valence-electron chi connectivity index (χ0n) is 17.4. The summed E-state index contributed by atoms with van der Waals surface area (Å²) in [5.41, 5.74) is 5.15. The molecule has 0 aliphatic carbocycles. The first-order valence-electron chi connectivity index (χ1n) is 10.4. The molecule has 5 rings (SSSR count). The second-order valence-corrected chi connectivity index (χ2v) is 8.00. The van der Waals surface area contributed by atoms with Crippen LogP contribution >= 0.6 is 0 Å². The molecular weight excluding hydrogens is 380 g/mol. The largest absolute Gasteiger partial charge is 0.486 e. The summed E-state index contributed by atoms with van der Waals surface area (Å²) in [6.45, 7) is 9.16. The molecule has 7 nitrogen and oxygen atoms in total. The predicted octanol–water partition coefficient (Wildman–Crippen LogP) is 2.68. The number of carbonyl (C=O) groups is 1. The fraction of sp³-hybridized carbons (Fsp3) is 0.391. The van der Waals surface area contributed by atoms with Gasteiger partial charge in [-0.05, 0) is 49.7 Å². The van der Waals surface area contributed by atoms with Gasteiger partial charge in [0.05, 0.1) is 11.4 Å². The van der Waals surface area contributed by atoms with E-state index in [0.717, 1.165) is 31.0 Å². The normalized spacial score (nSPS) is 16.8. The zero-order valence-corrected chi connectivity index (χ0v) is 17.4. The molecular formula is C23H26N4O3. The number of ether oxygens (including phenoxy) is 2. The monoisotopic (exact) mass is 406 g/mol.